The second-order valence-corrected chi connectivity index (χ2v) is 8.14. The Bertz CT molecular complexity index is 870. The van der Waals surface area contributed by atoms with Crippen molar-refractivity contribution in [2.45, 2.75) is 24.8 Å². The normalized spacial score (nSPS) is 11.2. The van der Waals surface area contributed by atoms with Crippen molar-refractivity contribution in [3.8, 4) is 5.75 Å². The molecule has 0 saturated carbocycles. The summed E-state index contributed by atoms with van der Waals surface area (Å²) >= 11 is 5.82. The molecule has 0 spiro atoms. The van der Waals surface area contributed by atoms with Gasteiger partial charge in [0.2, 0.25) is 15.9 Å². The van der Waals surface area contributed by atoms with E-state index in [-0.39, 0.29) is 23.8 Å². The van der Waals surface area contributed by atoms with Crippen molar-refractivity contribution in [2.24, 2.45) is 0 Å². The minimum atomic E-state index is -3.69. The van der Waals surface area contributed by atoms with Gasteiger partial charge in [-0.05, 0) is 42.8 Å². The molecule has 0 heterocycles. The van der Waals surface area contributed by atoms with E-state index in [2.05, 4.69) is 4.72 Å². The molecule has 8 heteroatoms. The minimum Gasteiger partial charge on any atom is -0.494 e. The Labute approximate surface area is 165 Å². The molecule has 2 aromatic rings. The number of carbonyl (C=O) groups excluding carboxylic acids is 1. The van der Waals surface area contributed by atoms with Crippen LogP contribution in [0.15, 0.2) is 53.4 Å². The Morgan fingerprint density at radius 2 is 1.89 bits per heavy atom. The number of sulfonamides is 1. The van der Waals surface area contributed by atoms with Crippen molar-refractivity contribution in [3.63, 3.8) is 0 Å². The molecule has 146 valence electrons. The summed E-state index contributed by atoms with van der Waals surface area (Å²) < 4.78 is 32.2. The Morgan fingerprint density at radius 3 is 2.52 bits per heavy atom. The van der Waals surface area contributed by atoms with Crippen LogP contribution in [0.5, 0.6) is 5.75 Å². The van der Waals surface area contributed by atoms with Crippen LogP contribution >= 0.6 is 11.6 Å². The molecule has 0 saturated heterocycles. The Hall–Kier alpha value is -2.09. The van der Waals surface area contributed by atoms with Crippen LogP contribution in [0.25, 0.3) is 0 Å². The number of carbonyl (C=O) groups is 1. The number of hydrogen-bond acceptors (Lipinski definition) is 4. The van der Waals surface area contributed by atoms with Crippen molar-refractivity contribution in [1.82, 2.24) is 9.62 Å². The van der Waals surface area contributed by atoms with Crippen LogP contribution in [-0.4, -0.2) is 39.4 Å². The van der Waals surface area contributed by atoms with Crippen molar-refractivity contribution in [2.75, 3.05) is 20.2 Å². The summed E-state index contributed by atoms with van der Waals surface area (Å²) in [7, 11) is -2.01. The molecule has 2 aromatic carbocycles. The lowest BCUT2D eigenvalue weighted by Gasteiger charge is -2.18. The van der Waals surface area contributed by atoms with Gasteiger partial charge in [0.25, 0.3) is 0 Å². The Morgan fingerprint density at radius 1 is 1.19 bits per heavy atom. The van der Waals surface area contributed by atoms with E-state index in [1.165, 1.54) is 12.1 Å². The van der Waals surface area contributed by atoms with Gasteiger partial charge in [-0.1, -0.05) is 29.8 Å². The molecule has 0 bridgehead atoms. The quantitative estimate of drug-likeness (QED) is 0.689. The highest BCUT2D eigenvalue weighted by atomic mass is 35.5. The lowest BCUT2D eigenvalue weighted by atomic mass is 10.2. The molecule has 0 aromatic heterocycles. The van der Waals surface area contributed by atoms with E-state index >= 15 is 0 Å². The third-order valence-corrected chi connectivity index (χ3v) is 5.51. The summed E-state index contributed by atoms with van der Waals surface area (Å²) in [4.78, 5) is 13.9. The van der Waals surface area contributed by atoms with E-state index in [0.29, 0.717) is 18.2 Å². The first kappa shape index (κ1) is 21.2. The fourth-order valence-corrected chi connectivity index (χ4v) is 3.75. The SMILES string of the molecule is CCOc1ccc(CN(C)C(=O)CCNS(=O)(=O)c2cccc(Cl)c2)cc1. The van der Waals surface area contributed by atoms with Gasteiger partial charge < -0.3 is 9.64 Å². The minimum absolute atomic E-state index is 0.0152. The summed E-state index contributed by atoms with van der Waals surface area (Å²) in [5, 5.41) is 0.337. The van der Waals surface area contributed by atoms with Gasteiger partial charge in [-0.25, -0.2) is 13.1 Å². The molecule has 0 aliphatic carbocycles. The first-order chi connectivity index (χ1) is 12.8. The third-order valence-electron chi connectivity index (χ3n) is 3.82. The summed E-state index contributed by atoms with van der Waals surface area (Å²) in [6.45, 7) is 2.97. The average molecular weight is 411 g/mol. The zero-order valence-corrected chi connectivity index (χ0v) is 16.9. The van der Waals surface area contributed by atoms with Gasteiger partial charge in [0.15, 0.2) is 0 Å². The molecule has 0 aliphatic rings. The molecule has 1 N–H and O–H groups in total. The summed E-state index contributed by atoms with van der Waals surface area (Å²) in [6, 6.07) is 13.5. The molecule has 0 radical (unpaired) electrons. The van der Waals surface area contributed by atoms with Gasteiger partial charge in [-0.2, -0.15) is 0 Å². The third kappa shape index (κ3) is 6.53. The van der Waals surface area contributed by atoms with Crippen molar-refractivity contribution < 1.29 is 17.9 Å². The van der Waals surface area contributed by atoms with Crippen molar-refractivity contribution in [1.29, 1.82) is 0 Å². The van der Waals surface area contributed by atoms with Crippen LogP contribution in [-0.2, 0) is 21.4 Å². The van der Waals surface area contributed by atoms with Gasteiger partial charge in [0.1, 0.15) is 5.75 Å². The van der Waals surface area contributed by atoms with Gasteiger partial charge >= 0.3 is 0 Å². The lowest BCUT2D eigenvalue weighted by molar-refractivity contribution is -0.130. The first-order valence-electron chi connectivity index (χ1n) is 8.53. The fraction of sp³-hybridized carbons (Fsp3) is 0.316. The van der Waals surface area contributed by atoms with Gasteiger partial charge in [0, 0.05) is 31.6 Å². The number of hydrogen-bond donors (Lipinski definition) is 1. The number of nitrogens with one attached hydrogen (secondary N) is 1. The highest BCUT2D eigenvalue weighted by molar-refractivity contribution is 7.89. The lowest BCUT2D eigenvalue weighted by Crippen LogP contribution is -2.31. The molecule has 0 atom stereocenters. The largest absolute Gasteiger partial charge is 0.494 e. The highest BCUT2D eigenvalue weighted by Gasteiger charge is 2.16. The second kappa shape index (κ2) is 9.73. The molecule has 0 aliphatic heterocycles. The number of amides is 1. The molecule has 0 fully saturated rings. The van der Waals surface area contributed by atoms with E-state index in [4.69, 9.17) is 16.3 Å². The van der Waals surface area contributed by atoms with Gasteiger partial charge in [0.05, 0.1) is 11.5 Å². The van der Waals surface area contributed by atoms with E-state index < -0.39 is 10.0 Å². The maximum absolute atomic E-state index is 12.2. The predicted octanol–water partition coefficient (Wildman–Crippen LogP) is 3.07. The summed E-state index contributed by atoms with van der Waals surface area (Å²) in [5.74, 6) is 0.628. The predicted molar refractivity (Wildman–Crippen MR) is 105 cm³/mol. The molecule has 0 unspecified atom stereocenters. The molecule has 6 nitrogen and oxygen atoms in total. The second-order valence-electron chi connectivity index (χ2n) is 5.93. The van der Waals surface area contributed by atoms with Crippen LogP contribution in [0.1, 0.15) is 18.9 Å². The van der Waals surface area contributed by atoms with E-state index in [0.717, 1.165) is 11.3 Å². The monoisotopic (exact) mass is 410 g/mol. The highest BCUT2D eigenvalue weighted by Crippen LogP contribution is 2.15. The smallest absolute Gasteiger partial charge is 0.240 e. The Kier molecular flexibility index (Phi) is 7.65. The molecular weight excluding hydrogens is 388 g/mol. The fourth-order valence-electron chi connectivity index (χ4n) is 2.42. The number of ether oxygens (including phenoxy) is 1. The number of nitrogens with zero attached hydrogens (tertiary/aromatic N) is 1. The van der Waals surface area contributed by atoms with E-state index in [9.17, 15) is 13.2 Å². The zero-order chi connectivity index (χ0) is 19.9. The van der Waals surface area contributed by atoms with Crippen molar-refractivity contribution in [3.05, 3.63) is 59.1 Å². The van der Waals surface area contributed by atoms with Crippen LogP contribution < -0.4 is 9.46 Å². The van der Waals surface area contributed by atoms with Crippen LogP contribution in [0, 0.1) is 0 Å². The van der Waals surface area contributed by atoms with Crippen LogP contribution in [0.2, 0.25) is 5.02 Å². The zero-order valence-electron chi connectivity index (χ0n) is 15.3. The topological polar surface area (TPSA) is 75.7 Å². The van der Waals surface area contributed by atoms with Crippen LogP contribution in [0.3, 0.4) is 0 Å². The number of rotatable bonds is 9. The summed E-state index contributed by atoms with van der Waals surface area (Å²) in [5.41, 5.74) is 0.966. The number of halogens is 1. The Balaban J connectivity index is 1.84. The molecule has 27 heavy (non-hydrogen) atoms. The first-order valence-corrected chi connectivity index (χ1v) is 10.4. The van der Waals surface area contributed by atoms with E-state index in [1.807, 2.05) is 31.2 Å². The van der Waals surface area contributed by atoms with Gasteiger partial charge in [-0.15, -0.1) is 0 Å². The standard InChI is InChI=1S/C19H23ClN2O4S/c1-3-26-17-9-7-15(8-10-17)14-22(2)19(23)11-12-21-27(24,25)18-6-4-5-16(20)13-18/h4-10,13,21H,3,11-12,14H2,1-2H3. The summed E-state index contributed by atoms with van der Waals surface area (Å²) in [6.07, 6.45) is 0.0628. The van der Waals surface area contributed by atoms with Gasteiger partial charge in [-0.3, -0.25) is 4.79 Å². The molecule has 2 rings (SSSR count). The maximum atomic E-state index is 12.2. The van der Waals surface area contributed by atoms with E-state index in [1.54, 1.807) is 24.1 Å². The van der Waals surface area contributed by atoms with Crippen molar-refractivity contribution >= 4 is 27.5 Å². The van der Waals surface area contributed by atoms with Crippen LogP contribution in [0.4, 0.5) is 0 Å². The molecule has 1 amide bonds. The maximum Gasteiger partial charge on any atom is 0.240 e. The average Bonchev–Trinajstić information content (AvgIpc) is 2.63. The number of benzene rings is 2. The molecular formula is C19H23ClN2O4S.